The van der Waals surface area contributed by atoms with Gasteiger partial charge in [-0.25, -0.2) is 4.79 Å². The molecule has 0 spiro atoms. The van der Waals surface area contributed by atoms with E-state index in [1.165, 1.54) is 0 Å². The molecule has 3 rings (SSSR count). The van der Waals surface area contributed by atoms with Crippen molar-refractivity contribution >= 4 is 41.1 Å². The van der Waals surface area contributed by atoms with Gasteiger partial charge in [0.25, 0.3) is 0 Å². The van der Waals surface area contributed by atoms with Crippen molar-refractivity contribution in [2.75, 3.05) is 18.6 Å². The SMILES string of the molecule is COc1cc(C2SCCS2)ccc1OC(=O)C(C)(C)Oc1ccc(Cl)cc1. The molecule has 2 aromatic rings. The Bertz CT molecular complexity index is 802. The number of esters is 1. The Labute approximate surface area is 172 Å². The second kappa shape index (κ2) is 8.67. The molecule has 7 heteroatoms. The number of hydrogen-bond donors (Lipinski definition) is 0. The summed E-state index contributed by atoms with van der Waals surface area (Å²) in [7, 11) is 1.57. The molecule has 1 aliphatic rings. The lowest BCUT2D eigenvalue weighted by molar-refractivity contribution is -0.149. The van der Waals surface area contributed by atoms with E-state index in [2.05, 4.69) is 0 Å². The summed E-state index contributed by atoms with van der Waals surface area (Å²) in [4.78, 5) is 12.7. The zero-order valence-electron chi connectivity index (χ0n) is 15.4. The molecule has 2 aromatic carbocycles. The van der Waals surface area contributed by atoms with Crippen LogP contribution >= 0.6 is 35.1 Å². The van der Waals surface area contributed by atoms with Gasteiger partial charge in [0.05, 0.1) is 11.7 Å². The molecule has 1 heterocycles. The standard InChI is InChI=1S/C20H21ClO4S2/c1-20(2,25-15-7-5-14(21)6-8-15)19(22)24-16-9-4-13(12-17(16)23-3)18-26-10-11-27-18/h4-9,12,18H,10-11H2,1-3H3. The van der Waals surface area contributed by atoms with Gasteiger partial charge in [-0.05, 0) is 55.8 Å². The van der Waals surface area contributed by atoms with Crippen molar-refractivity contribution in [3.63, 3.8) is 0 Å². The Morgan fingerprint density at radius 1 is 1.07 bits per heavy atom. The smallest absolute Gasteiger partial charge is 0.355 e. The second-order valence-corrected chi connectivity index (χ2v) is 9.60. The summed E-state index contributed by atoms with van der Waals surface area (Å²) in [5, 5.41) is 0.603. The summed E-state index contributed by atoms with van der Waals surface area (Å²) < 4.78 is 17.2. The van der Waals surface area contributed by atoms with Crippen LogP contribution in [0.4, 0.5) is 0 Å². The molecule has 1 aliphatic heterocycles. The highest BCUT2D eigenvalue weighted by atomic mass is 35.5. The number of carbonyl (C=O) groups excluding carboxylic acids is 1. The molecule has 1 fully saturated rings. The fourth-order valence-corrected chi connectivity index (χ4v) is 5.49. The minimum absolute atomic E-state index is 0.382. The maximum absolute atomic E-state index is 12.7. The minimum atomic E-state index is -1.17. The van der Waals surface area contributed by atoms with Gasteiger partial charge in [-0.2, -0.15) is 0 Å². The van der Waals surface area contributed by atoms with Crippen LogP contribution in [0.2, 0.25) is 5.02 Å². The van der Waals surface area contributed by atoms with Crippen LogP contribution in [0.1, 0.15) is 24.0 Å². The zero-order chi connectivity index (χ0) is 19.4. The Morgan fingerprint density at radius 2 is 1.74 bits per heavy atom. The maximum atomic E-state index is 12.7. The summed E-state index contributed by atoms with van der Waals surface area (Å²) in [5.74, 6) is 3.24. The summed E-state index contributed by atoms with van der Waals surface area (Å²) >= 11 is 9.70. The van der Waals surface area contributed by atoms with E-state index in [1.54, 1.807) is 51.3 Å². The predicted molar refractivity (Wildman–Crippen MR) is 112 cm³/mol. The average molecular weight is 425 g/mol. The number of thioether (sulfide) groups is 2. The monoisotopic (exact) mass is 424 g/mol. The van der Waals surface area contributed by atoms with E-state index in [4.69, 9.17) is 25.8 Å². The molecule has 0 radical (unpaired) electrons. The third kappa shape index (κ3) is 5.06. The second-order valence-electron chi connectivity index (χ2n) is 6.44. The molecule has 4 nitrogen and oxygen atoms in total. The highest BCUT2D eigenvalue weighted by molar-refractivity contribution is 8.19. The van der Waals surface area contributed by atoms with Crippen molar-refractivity contribution in [3.8, 4) is 17.2 Å². The third-order valence-corrected chi connectivity index (χ3v) is 7.32. The van der Waals surface area contributed by atoms with Crippen LogP contribution in [-0.4, -0.2) is 30.2 Å². The molecule has 0 aromatic heterocycles. The zero-order valence-corrected chi connectivity index (χ0v) is 17.7. The number of hydrogen-bond acceptors (Lipinski definition) is 6. The lowest BCUT2D eigenvalue weighted by Gasteiger charge is -2.24. The number of rotatable bonds is 6. The van der Waals surface area contributed by atoms with Gasteiger partial charge in [0.15, 0.2) is 11.5 Å². The molecule has 27 heavy (non-hydrogen) atoms. The van der Waals surface area contributed by atoms with Gasteiger partial charge in [-0.15, -0.1) is 23.5 Å². The summed E-state index contributed by atoms with van der Waals surface area (Å²) in [6.07, 6.45) is 0. The molecule has 0 N–H and O–H groups in total. The molecule has 0 unspecified atom stereocenters. The van der Waals surface area contributed by atoms with Crippen LogP contribution in [0.5, 0.6) is 17.2 Å². The fraction of sp³-hybridized carbons (Fsp3) is 0.350. The number of carbonyl (C=O) groups is 1. The van der Waals surface area contributed by atoms with Crippen molar-refractivity contribution in [3.05, 3.63) is 53.1 Å². The minimum Gasteiger partial charge on any atom is -0.493 e. The van der Waals surface area contributed by atoms with Gasteiger partial charge >= 0.3 is 5.97 Å². The summed E-state index contributed by atoms with van der Waals surface area (Å²) in [6.45, 7) is 3.33. The van der Waals surface area contributed by atoms with E-state index < -0.39 is 11.6 Å². The first-order valence-corrected chi connectivity index (χ1v) is 10.9. The molecule has 0 aliphatic carbocycles. The number of methoxy groups -OCH3 is 1. The van der Waals surface area contributed by atoms with Gasteiger partial charge in [0, 0.05) is 16.5 Å². The molecular formula is C20H21ClO4S2. The van der Waals surface area contributed by atoms with E-state index in [9.17, 15) is 4.79 Å². The quantitative estimate of drug-likeness (QED) is 0.445. The van der Waals surface area contributed by atoms with Crippen LogP contribution in [0.15, 0.2) is 42.5 Å². The first-order chi connectivity index (χ1) is 12.9. The van der Waals surface area contributed by atoms with Crippen LogP contribution in [0, 0.1) is 0 Å². The Balaban J connectivity index is 1.72. The van der Waals surface area contributed by atoms with Crippen molar-refractivity contribution in [2.24, 2.45) is 0 Å². The fourth-order valence-electron chi connectivity index (χ4n) is 2.53. The van der Waals surface area contributed by atoms with Crippen molar-refractivity contribution in [2.45, 2.75) is 24.0 Å². The third-order valence-electron chi connectivity index (χ3n) is 3.96. The first kappa shape index (κ1) is 20.2. The molecule has 0 bridgehead atoms. The normalized spacial score (nSPS) is 14.8. The molecule has 0 atom stereocenters. The van der Waals surface area contributed by atoms with E-state index in [0.29, 0.717) is 26.9 Å². The number of ether oxygens (including phenoxy) is 3. The largest absolute Gasteiger partial charge is 0.493 e. The van der Waals surface area contributed by atoms with Crippen LogP contribution in [0.3, 0.4) is 0 Å². The topological polar surface area (TPSA) is 44.8 Å². The van der Waals surface area contributed by atoms with Crippen LogP contribution < -0.4 is 14.2 Å². The lowest BCUT2D eigenvalue weighted by atomic mass is 10.1. The Kier molecular flexibility index (Phi) is 6.50. The summed E-state index contributed by atoms with van der Waals surface area (Å²) in [5.41, 5.74) is -0.00916. The molecule has 144 valence electrons. The maximum Gasteiger partial charge on any atom is 0.355 e. The van der Waals surface area contributed by atoms with Gasteiger partial charge in [-0.3, -0.25) is 0 Å². The van der Waals surface area contributed by atoms with Gasteiger partial charge < -0.3 is 14.2 Å². The van der Waals surface area contributed by atoms with E-state index >= 15 is 0 Å². The molecule has 1 saturated heterocycles. The number of benzene rings is 2. The first-order valence-electron chi connectivity index (χ1n) is 8.47. The lowest BCUT2D eigenvalue weighted by Crippen LogP contribution is -2.41. The van der Waals surface area contributed by atoms with E-state index in [-0.39, 0.29) is 0 Å². The van der Waals surface area contributed by atoms with E-state index in [1.807, 2.05) is 35.7 Å². The Hall–Kier alpha value is -1.50. The average Bonchev–Trinajstić information content (AvgIpc) is 3.18. The summed E-state index contributed by atoms with van der Waals surface area (Å²) in [6, 6.07) is 12.5. The van der Waals surface area contributed by atoms with Crippen LogP contribution in [-0.2, 0) is 4.79 Å². The van der Waals surface area contributed by atoms with Gasteiger partial charge in [-0.1, -0.05) is 17.7 Å². The number of halogens is 1. The highest BCUT2D eigenvalue weighted by Gasteiger charge is 2.33. The van der Waals surface area contributed by atoms with Crippen molar-refractivity contribution in [1.82, 2.24) is 0 Å². The molecule has 0 amide bonds. The van der Waals surface area contributed by atoms with Gasteiger partial charge in [0.2, 0.25) is 5.60 Å². The van der Waals surface area contributed by atoms with Gasteiger partial charge in [0.1, 0.15) is 5.75 Å². The van der Waals surface area contributed by atoms with Crippen molar-refractivity contribution < 1.29 is 19.0 Å². The van der Waals surface area contributed by atoms with Crippen LogP contribution in [0.25, 0.3) is 0 Å². The predicted octanol–water partition coefficient (Wildman–Crippen LogP) is 5.59. The molecule has 0 saturated carbocycles. The Morgan fingerprint density at radius 3 is 2.37 bits per heavy atom. The van der Waals surface area contributed by atoms with Crippen molar-refractivity contribution in [1.29, 1.82) is 0 Å². The molecular weight excluding hydrogens is 404 g/mol. The van der Waals surface area contributed by atoms with E-state index in [0.717, 1.165) is 17.1 Å². The highest BCUT2D eigenvalue weighted by Crippen LogP contribution is 2.47.